The Bertz CT molecular complexity index is 225. The Morgan fingerprint density at radius 1 is 0.737 bits per heavy atom. The minimum absolute atomic E-state index is 0. The first-order chi connectivity index (χ1) is 6.41. The zero-order valence-electron chi connectivity index (χ0n) is 12.6. The molecule has 0 amide bonds. The average molecular weight is 415 g/mol. The Morgan fingerprint density at radius 3 is 1.05 bits per heavy atom. The molecule has 5 heteroatoms. The third-order valence-electron chi connectivity index (χ3n) is 1.17. The Balaban J connectivity index is -0.0000000201. The molecule has 0 aliphatic heterocycles. The van der Waals surface area contributed by atoms with Gasteiger partial charge in [0, 0.05) is 0 Å². The van der Waals surface area contributed by atoms with Crippen LogP contribution in [0.15, 0.2) is 36.5 Å². The summed E-state index contributed by atoms with van der Waals surface area (Å²) in [5.41, 5.74) is 0. The van der Waals surface area contributed by atoms with Crippen LogP contribution in [-0.2, 0) is 20.5 Å². The normalized spacial score (nSPS) is 9.68. The van der Waals surface area contributed by atoms with Gasteiger partial charge in [0.2, 0.25) is 0 Å². The fourth-order valence-corrected chi connectivity index (χ4v) is 0.680. The molecule has 2 aliphatic rings. The summed E-state index contributed by atoms with van der Waals surface area (Å²) >= 11 is 0.286. The van der Waals surface area contributed by atoms with Crippen LogP contribution in [0, 0.1) is 41.9 Å². The Kier molecular flexibility index (Phi) is 96.2. The molecule has 0 unspecified atom stereocenters. The summed E-state index contributed by atoms with van der Waals surface area (Å²) < 4.78 is 0. The van der Waals surface area contributed by atoms with E-state index in [0.717, 1.165) is 12.8 Å². The van der Waals surface area contributed by atoms with E-state index in [1.54, 1.807) is 0 Å². The molecule has 0 atom stereocenters. The quantitative estimate of drug-likeness (QED) is 0.421. The van der Waals surface area contributed by atoms with Crippen molar-refractivity contribution in [3.8, 4) is 0 Å². The molecule has 0 saturated heterocycles. The van der Waals surface area contributed by atoms with Crippen molar-refractivity contribution in [1.82, 2.24) is 0 Å². The van der Waals surface area contributed by atoms with Crippen LogP contribution in [0.4, 0.5) is 0 Å². The molecular formula is C14H28Cl2Si2Zr-6. The average Bonchev–Trinajstić information content (AvgIpc) is 2.85. The standard InChI is InChI=1S/2C5H5.4CH3.2ClH.2H2Si.Zr/c2*1-2-4-5-3-1;;;;;;;;;/h2*1-3H,4H2;4*1H3;2*1H;2*1H2;/q6*-1;;;;;. The van der Waals surface area contributed by atoms with Crippen LogP contribution < -0.4 is 0 Å². The van der Waals surface area contributed by atoms with E-state index in [-0.39, 0.29) is 75.0 Å². The second kappa shape index (κ2) is 42.8. The third-order valence-corrected chi connectivity index (χ3v) is 1.17. The molecule has 0 aromatic carbocycles. The van der Waals surface area contributed by atoms with Crippen LogP contribution in [0.1, 0.15) is 12.8 Å². The summed E-state index contributed by atoms with van der Waals surface area (Å²) in [6.45, 7) is 4.31. The summed E-state index contributed by atoms with van der Waals surface area (Å²) in [5.74, 6) is 0. The number of allylic oxidation sites excluding steroid dienone is 8. The van der Waals surface area contributed by atoms with Crippen molar-refractivity contribution < 1.29 is 20.5 Å². The van der Waals surface area contributed by atoms with Crippen LogP contribution in [0.3, 0.4) is 0 Å². The molecule has 2 rings (SSSR count). The molecule has 0 bridgehead atoms. The molecule has 116 valence electrons. The molecule has 0 saturated carbocycles. The predicted octanol–water partition coefficient (Wildman–Crippen LogP) is 3.42. The molecule has 0 heterocycles. The first kappa shape index (κ1) is 42.7. The topological polar surface area (TPSA) is 0 Å². The van der Waals surface area contributed by atoms with Gasteiger partial charge in [-0.1, -0.05) is 0 Å². The summed E-state index contributed by atoms with van der Waals surface area (Å²) in [6.07, 6.45) is 20.0. The monoisotopic (exact) mass is 412 g/mol. The third kappa shape index (κ3) is 45.5. The maximum atomic E-state index is 2.99. The molecule has 0 fully saturated rings. The first-order valence-corrected chi connectivity index (χ1v) is 16.0. The van der Waals surface area contributed by atoms with Gasteiger partial charge in [0.05, 0.1) is 0 Å². The maximum absolute atomic E-state index is 2.99. The summed E-state index contributed by atoms with van der Waals surface area (Å²) in [4.78, 5) is 0. The van der Waals surface area contributed by atoms with Crippen LogP contribution in [-0.4, -0.2) is 13.8 Å². The fraction of sp³-hybridized carbons (Fsp3) is 0.143. The number of hydrogen-bond acceptors (Lipinski definition) is 0. The van der Waals surface area contributed by atoms with E-state index in [1.807, 2.05) is 24.3 Å². The SMILES string of the molecule is Cl.Cl.[C-]1=CC=CC1.[C-]1=CC=CC1.[CH3-].[CH3-].[CH3-].[CH3-].[SiH2]=[Zr]=[SiH2]. The van der Waals surface area contributed by atoms with Crippen molar-refractivity contribution >= 4 is 38.6 Å². The van der Waals surface area contributed by atoms with Crippen LogP contribution in [0.25, 0.3) is 0 Å². The molecule has 0 nitrogen and oxygen atoms in total. The summed E-state index contributed by atoms with van der Waals surface area (Å²) in [5, 5.41) is 0. The number of rotatable bonds is 0. The van der Waals surface area contributed by atoms with Gasteiger partial charge in [-0.3, -0.25) is 12.2 Å². The molecule has 0 aromatic rings. The summed E-state index contributed by atoms with van der Waals surface area (Å²) in [7, 11) is 0. The van der Waals surface area contributed by atoms with Crippen molar-refractivity contribution in [1.29, 1.82) is 0 Å². The Labute approximate surface area is 149 Å². The van der Waals surface area contributed by atoms with Gasteiger partial charge >= 0.3 is 34.2 Å². The Morgan fingerprint density at radius 2 is 1.00 bits per heavy atom. The second-order valence-corrected chi connectivity index (χ2v) is 15.3. The van der Waals surface area contributed by atoms with E-state index in [1.165, 1.54) is 0 Å². The van der Waals surface area contributed by atoms with E-state index < -0.39 is 0 Å². The van der Waals surface area contributed by atoms with Crippen LogP contribution in [0.5, 0.6) is 0 Å². The van der Waals surface area contributed by atoms with E-state index in [9.17, 15) is 0 Å². The zero-order chi connectivity index (χ0) is 9.78. The van der Waals surface area contributed by atoms with Gasteiger partial charge in [-0.05, 0) is 0 Å². The van der Waals surface area contributed by atoms with Crippen LogP contribution in [0.2, 0.25) is 0 Å². The van der Waals surface area contributed by atoms with E-state index in [2.05, 4.69) is 38.1 Å². The van der Waals surface area contributed by atoms with E-state index in [0.29, 0.717) is 0 Å². The van der Waals surface area contributed by atoms with Crippen molar-refractivity contribution in [2.45, 2.75) is 12.8 Å². The zero-order valence-corrected chi connectivity index (χ0v) is 19.5. The van der Waals surface area contributed by atoms with E-state index in [4.69, 9.17) is 0 Å². The number of halogens is 2. The second-order valence-electron chi connectivity index (χ2n) is 2.26. The minimum atomic E-state index is 0. The van der Waals surface area contributed by atoms with Gasteiger partial charge in [0.25, 0.3) is 0 Å². The predicted molar refractivity (Wildman–Crippen MR) is 100 cm³/mol. The van der Waals surface area contributed by atoms with Gasteiger partial charge in [-0.25, -0.2) is 24.3 Å². The van der Waals surface area contributed by atoms with Gasteiger partial charge < -0.3 is 29.7 Å². The van der Waals surface area contributed by atoms with Crippen LogP contribution >= 0.6 is 24.8 Å². The van der Waals surface area contributed by atoms with Gasteiger partial charge in [0.1, 0.15) is 0 Å². The van der Waals surface area contributed by atoms with Crippen molar-refractivity contribution in [2.24, 2.45) is 0 Å². The molecule has 0 radical (unpaired) electrons. The molecular weight excluding hydrogens is 386 g/mol. The Hall–Kier alpha value is 0.857. The van der Waals surface area contributed by atoms with Gasteiger partial charge in [0.15, 0.2) is 0 Å². The molecule has 0 N–H and O–H groups in total. The first-order valence-electron chi connectivity index (χ1n) is 4.14. The molecule has 0 aromatic heterocycles. The van der Waals surface area contributed by atoms with E-state index >= 15 is 0 Å². The fourth-order valence-electron chi connectivity index (χ4n) is 0.680. The molecule has 0 spiro atoms. The summed E-state index contributed by atoms with van der Waals surface area (Å²) in [6, 6.07) is 0. The molecule has 19 heavy (non-hydrogen) atoms. The number of hydrogen-bond donors (Lipinski definition) is 0. The molecule has 2 aliphatic carbocycles. The van der Waals surface area contributed by atoms with Gasteiger partial charge in [-0.2, -0.15) is 12.2 Å². The van der Waals surface area contributed by atoms with Gasteiger partial charge in [-0.15, -0.1) is 37.7 Å². The van der Waals surface area contributed by atoms with Crippen molar-refractivity contribution in [3.63, 3.8) is 0 Å². The van der Waals surface area contributed by atoms with Crippen molar-refractivity contribution in [3.05, 3.63) is 78.3 Å². The van der Waals surface area contributed by atoms with Crippen molar-refractivity contribution in [2.75, 3.05) is 0 Å².